The second-order valence-electron chi connectivity index (χ2n) is 7.35. The van der Waals surface area contributed by atoms with Gasteiger partial charge in [0.1, 0.15) is 5.25 Å². The quantitative estimate of drug-likeness (QED) is 0.818. The maximum absolute atomic E-state index is 13.0. The van der Waals surface area contributed by atoms with Gasteiger partial charge in [-0.25, -0.2) is 4.99 Å². The van der Waals surface area contributed by atoms with Gasteiger partial charge in [0.25, 0.3) is 0 Å². The van der Waals surface area contributed by atoms with Gasteiger partial charge in [-0.15, -0.1) is 0 Å². The number of aryl methyl sites for hydroxylation is 2. The monoisotopic (exact) mass is 393 g/mol. The van der Waals surface area contributed by atoms with Gasteiger partial charge in [-0.3, -0.25) is 14.5 Å². The van der Waals surface area contributed by atoms with Gasteiger partial charge in [-0.2, -0.15) is 0 Å². The summed E-state index contributed by atoms with van der Waals surface area (Å²) in [7, 11) is 0. The molecule has 0 spiro atoms. The zero-order valence-corrected chi connectivity index (χ0v) is 16.8. The molecule has 0 unspecified atom stereocenters. The van der Waals surface area contributed by atoms with Gasteiger partial charge >= 0.3 is 0 Å². The molecule has 0 bridgehead atoms. The van der Waals surface area contributed by atoms with Gasteiger partial charge in [0.05, 0.1) is 5.69 Å². The lowest BCUT2D eigenvalue weighted by Gasteiger charge is -2.15. The number of hydrogen-bond acceptors (Lipinski definition) is 4. The molecule has 1 aliphatic heterocycles. The van der Waals surface area contributed by atoms with E-state index >= 15 is 0 Å². The van der Waals surface area contributed by atoms with Gasteiger partial charge in [-0.05, 0) is 56.0 Å². The van der Waals surface area contributed by atoms with Crippen LogP contribution in [0, 0.1) is 13.8 Å². The van der Waals surface area contributed by atoms with Crippen LogP contribution in [0.4, 0.5) is 11.4 Å². The molecule has 1 aliphatic carbocycles. The summed E-state index contributed by atoms with van der Waals surface area (Å²) in [4.78, 5) is 32.0. The van der Waals surface area contributed by atoms with Crippen molar-refractivity contribution in [3.8, 4) is 0 Å². The van der Waals surface area contributed by atoms with Crippen molar-refractivity contribution in [2.45, 2.75) is 44.4 Å². The smallest absolute Gasteiger partial charge is 0.242 e. The molecular formula is C22H23N3O2S. The average molecular weight is 394 g/mol. The summed E-state index contributed by atoms with van der Waals surface area (Å²) in [5.74, 6) is -0.147. The minimum atomic E-state index is -0.423. The second kappa shape index (κ2) is 7.80. The van der Waals surface area contributed by atoms with E-state index in [0.717, 1.165) is 35.3 Å². The third-order valence-electron chi connectivity index (χ3n) is 4.89. The number of carbonyl (C=O) groups is 2. The number of carbonyl (C=O) groups excluding carboxylic acids is 2. The van der Waals surface area contributed by atoms with Gasteiger partial charge < -0.3 is 5.32 Å². The summed E-state index contributed by atoms with van der Waals surface area (Å²) in [6.45, 7) is 3.97. The van der Waals surface area contributed by atoms with E-state index in [9.17, 15) is 9.59 Å². The Bertz CT molecular complexity index is 952. The predicted molar refractivity (Wildman–Crippen MR) is 114 cm³/mol. The van der Waals surface area contributed by atoms with Crippen LogP contribution >= 0.6 is 11.8 Å². The van der Waals surface area contributed by atoms with Crippen LogP contribution in [-0.4, -0.2) is 33.2 Å². The van der Waals surface area contributed by atoms with Crippen LogP contribution in [0.15, 0.2) is 53.5 Å². The van der Waals surface area contributed by atoms with Gasteiger partial charge in [0, 0.05) is 18.2 Å². The van der Waals surface area contributed by atoms with E-state index in [0.29, 0.717) is 5.17 Å². The molecule has 2 aliphatic rings. The number of nitrogens with one attached hydrogen (secondary N) is 1. The van der Waals surface area contributed by atoms with E-state index < -0.39 is 5.25 Å². The van der Waals surface area contributed by atoms with Crippen LogP contribution in [0.2, 0.25) is 0 Å². The molecule has 28 heavy (non-hydrogen) atoms. The summed E-state index contributed by atoms with van der Waals surface area (Å²) >= 11 is 1.40. The first kappa shape index (κ1) is 18.7. The van der Waals surface area contributed by atoms with Crippen molar-refractivity contribution in [1.82, 2.24) is 4.90 Å². The molecule has 2 aromatic rings. The fraction of sp³-hybridized carbons (Fsp3) is 0.318. The number of thioether (sulfide) groups is 1. The minimum absolute atomic E-state index is 0.00108. The zero-order chi connectivity index (χ0) is 19.7. The van der Waals surface area contributed by atoms with Gasteiger partial charge in [-0.1, -0.05) is 42.1 Å². The number of amidine groups is 1. The van der Waals surface area contributed by atoms with Crippen molar-refractivity contribution in [3.05, 3.63) is 59.7 Å². The number of benzene rings is 2. The molecule has 144 valence electrons. The summed E-state index contributed by atoms with van der Waals surface area (Å²) in [6.07, 6.45) is 2.15. The van der Waals surface area contributed by atoms with Crippen LogP contribution in [0.3, 0.4) is 0 Å². The van der Waals surface area contributed by atoms with Gasteiger partial charge in [0.15, 0.2) is 5.17 Å². The highest BCUT2D eigenvalue weighted by Gasteiger charge is 2.46. The Morgan fingerprint density at radius 1 is 1.18 bits per heavy atom. The highest BCUT2D eigenvalue weighted by molar-refractivity contribution is 8.15. The number of rotatable bonds is 5. The van der Waals surface area contributed by atoms with E-state index in [4.69, 9.17) is 4.99 Å². The van der Waals surface area contributed by atoms with Crippen molar-refractivity contribution >= 4 is 40.1 Å². The Morgan fingerprint density at radius 2 is 1.96 bits per heavy atom. The maximum Gasteiger partial charge on any atom is 0.242 e. The zero-order valence-electron chi connectivity index (χ0n) is 16.0. The molecule has 1 saturated heterocycles. The average Bonchev–Trinajstić information content (AvgIpc) is 3.43. The SMILES string of the molecule is Cc1cccc(N=C2S[C@H](CC(=O)Nc3ccccc3C)C(=O)N2C2CC2)c1. The fourth-order valence-corrected chi connectivity index (χ4v) is 4.47. The lowest BCUT2D eigenvalue weighted by atomic mass is 10.2. The Morgan fingerprint density at radius 3 is 2.68 bits per heavy atom. The molecule has 4 rings (SSSR count). The Labute approximate surface area is 169 Å². The number of aliphatic imine (C=N–C) groups is 1. The Kier molecular flexibility index (Phi) is 5.22. The summed E-state index contributed by atoms with van der Waals surface area (Å²) in [6, 6.07) is 15.8. The molecule has 1 saturated carbocycles. The molecule has 1 heterocycles. The third kappa shape index (κ3) is 4.12. The van der Waals surface area contributed by atoms with Crippen molar-refractivity contribution in [2.75, 3.05) is 5.32 Å². The standard InChI is InChI=1S/C22H23N3O2S/c1-14-6-5-8-16(12-14)23-22-25(17-10-11-17)21(27)19(28-22)13-20(26)24-18-9-4-3-7-15(18)2/h3-9,12,17,19H,10-11,13H2,1-2H3,(H,24,26)/t19-/m1/s1. The van der Waals surface area contributed by atoms with Crippen molar-refractivity contribution in [1.29, 1.82) is 0 Å². The van der Waals surface area contributed by atoms with E-state index in [-0.39, 0.29) is 24.3 Å². The largest absolute Gasteiger partial charge is 0.326 e. The number of para-hydroxylation sites is 1. The fourth-order valence-electron chi connectivity index (χ4n) is 3.25. The molecule has 5 nitrogen and oxygen atoms in total. The summed E-state index contributed by atoms with van der Waals surface area (Å²) < 4.78 is 0. The lowest BCUT2D eigenvalue weighted by Crippen LogP contribution is -2.35. The van der Waals surface area contributed by atoms with Crippen molar-refractivity contribution < 1.29 is 9.59 Å². The minimum Gasteiger partial charge on any atom is -0.326 e. The molecule has 1 N–H and O–H groups in total. The first-order chi connectivity index (χ1) is 13.5. The van der Waals surface area contributed by atoms with Crippen LogP contribution in [-0.2, 0) is 9.59 Å². The molecule has 0 radical (unpaired) electrons. The predicted octanol–water partition coefficient (Wildman–Crippen LogP) is 4.43. The summed E-state index contributed by atoms with van der Waals surface area (Å²) in [5, 5.41) is 3.22. The molecular weight excluding hydrogens is 370 g/mol. The van der Waals surface area contributed by atoms with Crippen molar-refractivity contribution in [2.24, 2.45) is 4.99 Å². The van der Waals surface area contributed by atoms with Crippen LogP contribution in [0.5, 0.6) is 0 Å². The molecule has 1 atom stereocenters. The molecule has 2 amide bonds. The van der Waals surface area contributed by atoms with Crippen molar-refractivity contribution in [3.63, 3.8) is 0 Å². The number of amides is 2. The van der Waals surface area contributed by atoms with Crippen LogP contribution in [0.25, 0.3) is 0 Å². The third-order valence-corrected chi connectivity index (χ3v) is 6.05. The van der Waals surface area contributed by atoms with E-state index in [1.807, 2.05) is 62.4 Å². The van der Waals surface area contributed by atoms with E-state index in [1.165, 1.54) is 11.8 Å². The maximum atomic E-state index is 13.0. The van der Waals surface area contributed by atoms with E-state index in [1.54, 1.807) is 4.90 Å². The topological polar surface area (TPSA) is 61.8 Å². The molecule has 2 fully saturated rings. The van der Waals surface area contributed by atoms with Crippen LogP contribution in [0.1, 0.15) is 30.4 Å². The number of anilines is 1. The first-order valence-corrected chi connectivity index (χ1v) is 10.4. The number of nitrogens with zero attached hydrogens (tertiary/aromatic N) is 2. The van der Waals surface area contributed by atoms with E-state index in [2.05, 4.69) is 5.32 Å². The number of hydrogen-bond donors (Lipinski definition) is 1. The highest BCUT2D eigenvalue weighted by atomic mass is 32.2. The Hall–Kier alpha value is -2.60. The molecule has 2 aromatic carbocycles. The lowest BCUT2D eigenvalue weighted by molar-refractivity contribution is -0.128. The Balaban J connectivity index is 1.50. The van der Waals surface area contributed by atoms with Crippen LogP contribution < -0.4 is 5.32 Å². The second-order valence-corrected chi connectivity index (χ2v) is 8.52. The van der Waals surface area contributed by atoms with Gasteiger partial charge in [0.2, 0.25) is 11.8 Å². The molecule has 0 aromatic heterocycles. The first-order valence-electron chi connectivity index (χ1n) is 9.52. The highest BCUT2D eigenvalue weighted by Crippen LogP contribution is 2.39. The molecule has 6 heteroatoms. The normalized spacial score (nSPS) is 20.6. The summed E-state index contributed by atoms with van der Waals surface area (Å²) in [5.41, 5.74) is 3.76.